The van der Waals surface area contributed by atoms with Gasteiger partial charge in [-0.2, -0.15) is 0 Å². The maximum absolute atomic E-state index is 2.45. The van der Waals surface area contributed by atoms with Gasteiger partial charge in [0.25, 0.3) is 0 Å². The van der Waals surface area contributed by atoms with Crippen molar-refractivity contribution in [3.8, 4) is 11.1 Å². The molecule has 0 unspecified atom stereocenters. The van der Waals surface area contributed by atoms with Crippen molar-refractivity contribution in [1.29, 1.82) is 0 Å². The number of para-hydroxylation sites is 2. The number of nitrogens with zero attached hydrogens (tertiary/aromatic N) is 1. The molecular weight excluding hydrogens is 362 g/mol. The van der Waals surface area contributed by atoms with Gasteiger partial charge >= 0.3 is 0 Å². The molecule has 2 aromatic heterocycles. The summed E-state index contributed by atoms with van der Waals surface area (Å²) in [4.78, 5) is 0. The Balaban J connectivity index is 0.000000609. The zero-order chi connectivity index (χ0) is 20.8. The van der Waals surface area contributed by atoms with Gasteiger partial charge in [-0.3, -0.25) is 0 Å². The minimum absolute atomic E-state index is 1.25. The van der Waals surface area contributed by atoms with Gasteiger partial charge in [0.1, 0.15) is 0 Å². The van der Waals surface area contributed by atoms with Crippen LogP contribution in [0.3, 0.4) is 0 Å². The third-order valence-corrected chi connectivity index (χ3v) is 6.07. The first kappa shape index (κ1) is 18.7. The van der Waals surface area contributed by atoms with Crippen molar-refractivity contribution in [3.05, 3.63) is 90.0 Å². The summed E-state index contributed by atoms with van der Waals surface area (Å²) in [5, 5.41) is 5.41. The molecule has 0 aliphatic carbocycles. The second kappa shape index (κ2) is 7.18. The molecule has 6 aromatic rings. The SMILES string of the molecule is CCC.Cc1ccccc1-c1cc2c3ccccc3n3c4ccccc4c(c1C)c23. The van der Waals surface area contributed by atoms with Crippen molar-refractivity contribution < 1.29 is 0 Å². The third kappa shape index (κ3) is 2.55. The summed E-state index contributed by atoms with van der Waals surface area (Å²) in [6.45, 7) is 8.73. The predicted molar refractivity (Wildman–Crippen MR) is 132 cm³/mol. The van der Waals surface area contributed by atoms with Crippen molar-refractivity contribution in [1.82, 2.24) is 4.40 Å². The van der Waals surface area contributed by atoms with Crippen LogP contribution in [0.15, 0.2) is 78.9 Å². The summed E-state index contributed by atoms with van der Waals surface area (Å²) >= 11 is 0. The maximum atomic E-state index is 2.45. The Hall–Kier alpha value is -3.32. The lowest BCUT2D eigenvalue weighted by molar-refractivity contribution is 1.09. The van der Waals surface area contributed by atoms with E-state index in [1.807, 2.05) is 0 Å². The number of benzene rings is 4. The van der Waals surface area contributed by atoms with E-state index in [-0.39, 0.29) is 0 Å². The molecule has 4 aromatic carbocycles. The van der Waals surface area contributed by atoms with Crippen molar-refractivity contribution in [3.63, 3.8) is 0 Å². The molecule has 2 heterocycles. The van der Waals surface area contributed by atoms with Crippen LogP contribution in [-0.2, 0) is 0 Å². The van der Waals surface area contributed by atoms with Crippen LogP contribution in [0, 0.1) is 13.8 Å². The first-order valence-corrected chi connectivity index (χ1v) is 10.9. The fraction of sp³-hybridized carbons (Fsp3) is 0.172. The van der Waals surface area contributed by atoms with Crippen molar-refractivity contribution in [2.45, 2.75) is 34.1 Å². The lowest BCUT2D eigenvalue weighted by Gasteiger charge is -2.11. The van der Waals surface area contributed by atoms with Crippen LogP contribution in [0.2, 0.25) is 0 Å². The zero-order valence-electron chi connectivity index (χ0n) is 18.2. The highest BCUT2D eigenvalue weighted by Gasteiger charge is 2.21. The number of rotatable bonds is 1. The second-order valence-corrected chi connectivity index (χ2v) is 8.21. The van der Waals surface area contributed by atoms with Crippen molar-refractivity contribution in [2.24, 2.45) is 0 Å². The number of hydrogen-bond acceptors (Lipinski definition) is 0. The number of aromatic nitrogens is 1. The molecule has 0 N–H and O–H groups in total. The molecule has 30 heavy (non-hydrogen) atoms. The Morgan fingerprint density at radius 3 is 1.90 bits per heavy atom. The lowest BCUT2D eigenvalue weighted by Crippen LogP contribution is -1.88. The van der Waals surface area contributed by atoms with Gasteiger partial charge < -0.3 is 4.40 Å². The van der Waals surface area contributed by atoms with E-state index in [1.165, 1.54) is 66.8 Å². The minimum Gasteiger partial charge on any atom is -0.308 e. The molecule has 0 aliphatic rings. The topological polar surface area (TPSA) is 4.41 Å². The van der Waals surface area contributed by atoms with Gasteiger partial charge in [0, 0.05) is 21.5 Å². The highest BCUT2D eigenvalue weighted by atomic mass is 14.9. The minimum atomic E-state index is 1.25. The highest BCUT2D eigenvalue weighted by Crippen LogP contribution is 2.44. The molecule has 0 bridgehead atoms. The summed E-state index contributed by atoms with van der Waals surface area (Å²) in [5.41, 5.74) is 9.30. The second-order valence-electron chi connectivity index (χ2n) is 8.21. The molecule has 0 aliphatic heterocycles. The van der Waals surface area contributed by atoms with Gasteiger partial charge in [0.05, 0.1) is 16.6 Å². The number of aryl methyl sites for hydroxylation is 2. The predicted octanol–water partition coefficient (Wildman–Crippen LogP) is 8.54. The largest absolute Gasteiger partial charge is 0.308 e. The molecule has 0 fully saturated rings. The summed E-state index contributed by atoms with van der Waals surface area (Å²) in [6.07, 6.45) is 1.25. The molecule has 6 rings (SSSR count). The van der Waals surface area contributed by atoms with Gasteiger partial charge in [-0.1, -0.05) is 80.9 Å². The quantitative estimate of drug-likeness (QED) is 0.265. The molecule has 148 valence electrons. The van der Waals surface area contributed by atoms with E-state index >= 15 is 0 Å². The van der Waals surface area contributed by atoms with Crippen LogP contribution in [0.1, 0.15) is 31.4 Å². The van der Waals surface area contributed by atoms with Crippen molar-refractivity contribution >= 4 is 38.1 Å². The normalized spacial score (nSPS) is 11.5. The van der Waals surface area contributed by atoms with E-state index in [4.69, 9.17) is 0 Å². The van der Waals surface area contributed by atoms with E-state index in [1.54, 1.807) is 0 Å². The number of hydrogen-bond donors (Lipinski definition) is 0. The van der Waals surface area contributed by atoms with E-state index < -0.39 is 0 Å². The molecule has 1 heteroatoms. The molecule has 0 spiro atoms. The summed E-state index contributed by atoms with van der Waals surface area (Å²) in [5.74, 6) is 0. The molecule has 0 saturated carbocycles. The van der Waals surface area contributed by atoms with Crippen LogP contribution in [0.4, 0.5) is 0 Å². The van der Waals surface area contributed by atoms with E-state index in [0.717, 1.165) is 0 Å². The first-order chi connectivity index (χ1) is 14.7. The number of fused-ring (bicyclic) bond motifs is 6. The van der Waals surface area contributed by atoms with Gasteiger partial charge in [0.2, 0.25) is 0 Å². The van der Waals surface area contributed by atoms with E-state index in [9.17, 15) is 0 Å². The average molecular weight is 390 g/mol. The standard InChI is InChI=1S/C26H19N.C3H8/c1-16-9-3-4-10-18(16)21-15-22-19-11-5-7-13-23(19)27-24-14-8-6-12-20(24)25(17(21)2)26(22)27;1-3-2/h3-15H,1-2H3;3H2,1-2H3. The monoisotopic (exact) mass is 389 g/mol. The summed E-state index contributed by atoms with van der Waals surface area (Å²) in [6, 6.07) is 28.7. The molecule has 1 nitrogen and oxygen atoms in total. The smallest absolute Gasteiger partial charge is 0.0623 e. The van der Waals surface area contributed by atoms with Crippen molar-refractivity contribution in [2.75, 3.05) is 0 Å². The van der Waals surface area contributed by atoms with Crippen LogP contribution in [0.5, 0.6) is 0 Å². The van der Waals surface area contributed by atoms with E-state index in [0.29, 0.717) is 0 Å². The summed E-state index contributed by atoms with van der Waals surface area (Å²) < 4.78 is 2.45. The van der Waals surface area contributed by atoms with Crippen LogP contribution < -0.4 is 0 Å². The van der Waals surface area contributed by atoms with Gasteiger partial charge in [-0.05, 0) is 54.3 Å². The van der Waals surface area contributed by atoms with Crippen LogP contribution in [0.25, 0.3) is 49.2 Å². The molecular formula is C29H27N. The van der Waals surface area contributed by atoms with Gasteiger partial charge in [-0.15, -0.1) is 0 Å². The van der Waals surface area contributed by atoms with Gasteiger partial charge in [0.15, 0.2) is 0 Å². The fourth-order valence-electron chi connectivity index (χ4n) is 4.84. The van der Waals surface area contributed by atoms with Crippen LogP contribution in [-0.4, -0.2) is 4.40 Å². The highest BCUT2D eigenvalue weighted by molar-refractivity contribution is 6.25. The Morgan fingerprint density at radius 1 is 0.633 bits per heavy atom. The molecule has 0 atom stereocenters. The Bertz CT molecular complexity index is 1500. The Morgan fingerprint density at radius 2 is 1.20 bits per heavy atom. The Labute approximate surface area is 177 Å². The molecule has 0 saturated heterocycles. The zero-order valence-corrected chi connectivity index (χ0v) is 18.2. The first-order valence-electron chi connectivity index (χ1n) is 10.9. The fourth-order valence-corrected chi connectivity index (χ4v) is 4.84. The summed E-state index contributed by atoms with van der Waals surface area (Å²) in [7, 11) is 0. The van der Waals surface area contributed by atoms with Gasteiger partial charge in [-0.25, -0.2) is 0 Å². The molecule has 0 radical (unpaired) electrons. The molecule has 0 amide bonds. The third-order valence-electron chi connectivity index (χ3n) is 6.07. The maximum Gasteiger partial charge on any atom is 0.0623 e. The Kier molecular flexibility index (Phi) is 4.47. The van der Waals surface area contributed by atoms with Crippen LogP contribution >= 0.6 is 0 Å². The van der Waals surface area contributed by atoms with E-state index in [2.05, 4.69) is 111 Å². The average Bonchev–Trinajstić information content (AvgIpc) is 3.27. The lowest BCUT2D eigenvalue weighted by atomic mass is 9.92.